The maximum Gasteiger partial charge on any atom is 1.00 e. The SMILES string of the molecule is CCOP(=O)(OCC)[C-]([Si](C)(C)C)P(=O)(OCC)OCC.[Li+]. The molecule has 0 saturated heterocycles. The molecule has 10 heteroatoms. The Hall–Kier alpha value is 1.11. The van der Waals surface area contributed by atoms with E-state index in [9.17, 15) is 9.13 Å². The molecular formula is C12H29LiO6P2Si. The molecule has 6 nitrogen and oxygen atoms in total. The summed E-state index contributed by atoms with van der Waals surface area (Å²) in [4.78, 5) is 0. The van der Waals surface area contributed by atoms with Gasteiger partial charge in [0.15, 0.2) is 15.2 Å². The van der Waals surface area contributed by atoms with Crippen molar-refractivity contribution in [3.63, 3.8) is 0 Å². The molecule has 0 aromatic rings. The molecule has 0 aliphatic carbocycles. The van der Waals surface area contributed by atoms with E-state index in [0.717, 1.165) is 0 Å². The Bertz CT molecular complexity index is 352. The minimum atomic E-state index is -3.67. The Kier molecular flexibility index (Phi) is 12.5. The van der Waals surface area contributed by atoms with E-state index in [-0.39, 0.29) is 50.3 Å². The van der Waals surface area contributed by atoms with E-state index in [1.165, 1.54) is 0 Å². The van der Waals surface area contributed by atoms with Crippen LogP contribution in [0, 0.1) is 5.02 Å². The van der Waals surface area contributed by atoms with Crippen LogP contribution in [0.3, 0.4) is 0 Å². The van der Waals surface area contributed by atoms with Gasteiger partial charge in [-0.05, 0) is 27.7 Å². The number of rotatable bonds is 11. The van der Waals surface area contributed by atoms with E-state index in [0.29, 0.717) is 0 Å². The second-order valence-electron chi connectivity index (χ2n) is 5.24. The summed E-state index contributed by atoms with van der Waals surface area (Å²) in [5.74, 6) is 0. The van der Waals surface area contributed by atoms with Crippen LogP contribution in [-0.4, -0.2) is 34.5 Å². The van der Waals surface area contributed by atoms with Crippen molar-refractivity contribution < 1.29 is 46.1 Å². The van der Waals surface area contributed by atoms with Crippen molar-refractivity contribution in [2.24, 2.45) is 0 Å². The first-order valence-electron chi connectivity index (χ1n) is 7.28. The molecule has 0 aromatic heterocycles. The van der Waals surface area contributed by atoms with Gasteiger partial charge in [-0.1, -0.05) is 32.7 Å². The third-order valence-electron chi connectivity index (χ3n) is 2.39. The Labute approximate surface area is 148 Å². The molecule has 0 spiro atoms. The van der Waals surface area contributed by atoms with Crippen LogP contribution in [0.5, 0.6) is 0 Å². The van der Waals surface area contributed by atoms with Gasteiger partial charge in [-0.15, -0.1) is 0 Å². The van der Waals surface area contributed by atoms with Gasteiger partial charge >= 0.3 is 18.9 Å². The van der Waals surface area contributed by atoms with Crippen LogP contribution >= 0.6 is 15.2 Å². The molecule has 0 fully saturated rings. The summed E-state index contributed by atoms with van der Waals surface area (Å²) in [5, 5.41) is 0.218. The molecule has 0 amide bonds. The van der Waals surface area contributed by atoms with Crippen LogP contribution in [0.25, 0.3) is 0 Å². The van der Waals surface area contributed by atoms with Gasteiger partial charge in [-0.2, -0.15) is 0 Å². The topological polar surface area (TPSA) is 71.1 Å². The molecule has 0 aliphatic rings. The Morgan fingerprint density at radius 2 is 0.955 bits per heavy atom. The standard InChI is InChI=1S/C12H29O6P2Si.Li/c1-8-15-19(13,16-9-2)12(21(5,6)7)20(14,17-10-3)18-11-4;/h8-11H2,1-7H3;/q-1;+1. The zero-order chi connectivity index (χ0) is 16.7. The molecule has 0 rings (SSSR count). The van der Waals surface area contributed by atoms with Crippen molar-refractivity contribution in [1.82, 2.24) is 0 Å². The second-order valence-corrected chi connectivity index (χ2v) is 15.4. The van der Waals surface area contributed by atoms with Crippen LogP contribution in [0.15, 0.2) is 0 Å². The van der Waals surface area contributed by atoms with Gasteiger partial charge in [-0.3, -0.25) is 9.13 Å². The molecular weight excluding hydrogens is 337 g/mol. The Morgan fingerprint density at radius 3 is 1.09 bits per heavy atom. The maximum absolute atomic E-state index is 13.2. The zero-order valence-corrected chi connectivity index (χ0v) is 18.0. The van der Waals surface area contributed by atoms with E-state index in [1.807, 2.05) is 19.6 Å². The summed E-state index contributed by atoms with van der Waals surface area (Å²) in [6.07, 6.45) is 0. The molecule has 0 radical (unpaired) electrons. The zero-order valence-electron chi connectivity index (χ0n) is 15.2. The first-order chi connectivity index (χ1) is 9.61. The summed E-state index contributed by atoms with van der Waals surface area (Å²) < 4.78 is 47.9. The molecule has 0 heterocycles. The molecule has 0 aliphatic heterocycles. The molecule has 0 saturated carbocycles. The van der Waals surface area contributed by atoms with Crippen LogP contribution in [0.4, 0.5) is 0 Å². The van der Waals surface area contributed by atoms with Gasteiger partial charge in [0.05, 0.1) is 26.4 Å². The van der Waals surface area contributed by atoms with Crippen LogP contribution in [0.2, 0.25) is 19.6 Å². The maximum atomic E-state index is 13.2. The monoisotopic (exact) mass is 366 g/mol. The predicted octanol–water partition coefficient (Wildman–Crippen LogP) is 1.89. The Morgan fingerprint density at radius 1 is 0.727 bits per heavy atom. The molecule has 22 heavy (non-hydrogen) atoms. The van der Waals surface area contributed by atoms with E-state index >= 15 is 0 Å². The van der Waals surface area contributed by atoms with Gasteiger partial charge in [0.2, 0.25) is 0 Å². The summed E-state index contributed by atoms with van der Waals surface area (Å²) in [5.41, 5.74) is 0. The summed E-state index contributed by atoms with van der Waals surface area (Å²) in [6.45, 7) is 13.5. The quantitative estimate of drug-likeness (QED) is 0.316. The molecule has 0 unspecified atom stereocenters. The second kappa shape index (κ2) is 10.9. The minimum absolute atomic E-state index is 0. The normalized spacial score (nSPS) is 13.3. The van der Waals surface area contributed by atoms with Crippen molar-refractivity contribution >= 4 is 23.3 Å². The van der Waals surface area contributed by atoms with Gasteiger partial charge in [0.1, 0.15) is 0 Å². The molecule has 128 valence electrons. The Balaban J connectivity index is 0. The number of hydrogen-bond donors (Lipinski definition) is 0. The van der Waals surface area contributed by atoms with Crippen LogP contribution in [0.1, 0.15) is 27.7 Å². The number of hydrogen-bond acceptors (Lipinski definition) is 6. The first kappa shape index (κ1) is 25.4. The largest absolute Gasteiger partial charge is 1.00 e. The average molecular weight is 366 g/mol. The van der Waals surface area contributed by atoms with Crippen molar-refractivity contribution in [2.75, 3.05) is 26.4 Å². The predicted molar refractivity (Wildman–Crippen MR) is 88.3 cm³/mol. The van der Waals surface area contributed by atoms with Crippen molar-refractivity contribution in [2.45, 2.75) is 47.3 Å². The smallest absolute Gasteiger partial charge is 0.331 e. The van der Waals surface area contributed by atoms with E-state index in [1.54, 1.807) is 27.7 Å². The fourth-order valence-corrected chi connectivity index (χ4v) is 13.2. The molecule has 0 aromatic carbocycles. The fourth-order valence-electron chi connectivity index (χ4n) is 1.97. The third-order valence-corrected chi connectivity index (χ3v) is 14.3. The minimum Gasteiger partial charge on any atom is -0.331 e. The van der Waals surface area contributed by atoms with Crippen LogP contribution < -0.4 is 18.9 Å². The van der Waals surface area contributed by atoms with Crippen molar-refractivity contribution in [1.29, 1.82) is 0 Å². The van der Waals surface area contributed by atoms with Gasteiger partial charge in [0, 0.05) is 0 Å². The fraction of sp³-hybridized carbons (Fsp3) is 0.917. The van der Waals surface area contributed by atoms with Gasteiger partial charge < -0.3 is 18.1 Å². The summed E-state index contributed by atoms with van der Waals surface area (Å²) in [7, 11) is -9.65. The molecule has 0 N–H and O–H groups in total. The molecule has 0 bridgehead atoms. The van der Waals surface area contributed by atoms with Crippen molar-refractivity contribution in [3.05, 3.63) is 5.02 Å². The van der Waals surface area contributed by atoms with E-state index < -0.39 is 23.3 Å². The average Bonchev–Trinajstić information content (AvgIpc) is 2.27. The first-order valence-corrected chi connectivity index (χ1v) is 13.9. The summed E-state index contributed by atoms with van der Waals surface area (Å²) in [6, 6.07) is 0. The summed E-state index contributed by atoms with van der Waals surface area (Å²) >= 11 is 0. The molecule has 0 atom stereocenters. The van der Waals surface area contributed by atoms with E-state index in [2.05, 4.69) is 0 Å². The van der Waals surface area contributed by atoms with E-state index in [4.69, 9.17) is 18.1 Å². The van der Waals surface area contributed by atoms with Crippen LogP contribution in [-0.2, 0) is 27.2 Å². The van der Waals surface area contributed by atoms with Gasteiger partial charge in [-0.25, -0.2) is 0 Å². The van der Waals surface area contributed by atoms with Gasteiger partial charge in [0.25, 0.3) is 0 Å². The van der Waals surface area contributed by atoms with Crippen molar-refractivity contribution in [3.8, 4) is 0 Å². The third kappa shape index (κ3) is 6.93.